The number of nitrogens with zero attached hydrogens (tertiary/aromatic N) is 1. The number of pyridine rings is 1. The Morgan fingerprint density at radius 2 is 2.07 bits per heavy atom. The summed E-state index contributed by atoms with van der Waals surface area (Å²) >= 11 is 0. The van der Waals surface area contributed by atoms with Gasteiger partial charge in [-0.3, -0.25) is 4.98 Å². The minimum Gasteiger partial charge on any atom is -0.429 e. The number of halogens is 2. The average molecular weight is 425 g/mol. The first-order valence-electron chi connectivity index (χ1n) is 3.66. The molecule has 0 unspecified atom stereocenters. The van der Waals surface area contributed by atoms with Crippen LogP contribution in [0.3, 0.4) is 0 Å². The van der Waals surface area contributed by atoms with E-state index < -0.39 is 6.43 Å². The second-order valence-electron chi connectivity index (χ2n) is 1.94. The number of alkyl halides is 2. The monoisotopic (exact) mass is 425 g/mol. The third kappa shape index (κ3) is 5.59. The molecule has 5 heteroatoms. The number of hydrogen-bond donors (Lipinski definition) is 1. The summed E-state index contributed by atoms with van der Waals surface area (Å²) in [6, 6.07) is 2.57. The topological polar surface area (TPSA) is 33.1 Å². The molecule has 1 N–H and O–H groups in total. The van der Waals surface area contributed by atoms with Crippen molar-refractivity contribution >= 4 is 0 Å². The molecule has 0 spiro atoms. The summed E-state index contributed by atoms with van der Waals surface area (Å²) < 4.78 is 23.9. The Morgan fingerprint density at radius 3 is 2.50 bits per heavy atom. The molecule has 0 saturated heterocycles. The van der Waals surface area contributed by atoms with Gasteiger partial charge in [-0.2, -0.15) is 12.5 Å². The van der Waals surface area contributed by atoms with Crippen LogP contribution >= 0.6 is 0 Å². The molecule has 0 aliphatic heterocycles. The van der Waals surface area contributed by atoms with Crippen LogP contribution in [-0.4, -0.2) is 10.1 Å². The zero-order valence-electron chi connectivity index (χ0n) is 7.74. The first kappa shape index (κ1) is 16.3. The SMILES string of the molecule is O[CH-]c1ccnc(C(F)F)c1.[CH2-]C.[U+2]. The van der Waals surface area contributed by atoms with Crippen molar-refractivity contribution in [3.05, 3.63) is 43.1 Å². The van der Waals surface area contributed by atoms with Crippen molar-refractivity contribution in [2.75, 3.05) is 0 Å². The molecule has 0 bridgehead atoms. The number of aliphatic hydroxyl groups excluding tert-OH is 1. The predicted molar refractivity (Wildman–Crippen MR) is 45.6 cm³/mol. The molecule has 0 radical (unpaired) electrons. The van der Waals surface area contributed by atoms with E-state index in [1.54, 1.807) is 6.92 Å². The molecular weight excluding hydrogens is 414 g/mol. The zero-order valence-corrected chi connectivity index (χ0v) is 11.9. The molecule has 1 heterocycles. The molecule has 0 aromatic carbocycles. The minimum absolute atomic E-state index is 0. The van der Waals surface area contributed by atoms with Gasteiger partial charge >= 0.3 is 31.1 Å². The Kier molecular flexibility index (Phi) is 11.0. The fourth-order valence-electron chi connectivity index (χ4n) is 0.665. The largest absolute Gasteiger partial charge is 2.00 e. The molecule has 1 aromatic rings. The fourth-order valence-corrected chi connectivity index (χ4v) is 0.665. The van der Waals surface area contributed by atoms with E-state index in [-0.39, 0.29) is 36.8 Å². The Bertz CT molecular complexity index is 246. The molecule has 0 atom stereocenters. The maximum atomic E-state index is 11.9. The standard InChI is InChI=1S/C7H6F2NO.C2H5.U/c8-7(9)6-3-5(4-11)1-2-10-6;1-2;/h1-4,7,11H;1H2,2H3;/q2*-1;+2. The number of aromatic nitrogens is 1. The van der Waals surface area contributed by atoms with Crippen LogP contribution in [0.25, 0.3) is 0 Å². The van der Waals surface area contributed by atoms with Crippen molar-refractivity contribution in [2.24, 2.45) is 0 Å². The summed E-state index contributed by atoms with van der Waals surface area (Å²) in [4.78, 5) is 3.41. The van der Waals surface area contributed by atoms with E-state index in [0.717, 1.165) is 12.7 Å². The van der Waals surface area contributed by atoms with Crippen molar-refractivity contribution in [1.29, 1.82) is 0 Å². The van der Waals surface area contributed by atoms with Gasteiger partial charge in [0, 0.05) is 0 Å². The molecule has 1 aromatic heterocycles. The van der Waals surface area contributed by atoms with Crippen LogP contribution in [0.15, 0.2) is 18.3 Å². The Labute approximate surface area is 106 Å². The molecule has 0 saturated carbocycles. The summed E-state index contributed by atoms with van der Waals surface area (Å²) in [5.74, 6) is 0. The van der Waals surface area contributed by atoms with Crippen LogP contribution < -0.4 is 0 Å². The van der Waals surface area contributed by atoms with Gasteiger partial charge in [-0.25, -0.2) is 8.78 Å². The Balaban J connectivity index is 0. The number of hydrogen-bond acceptors (Lipinski definition) is 2. The maximum absolute atomic E-state index is 11.9. The van der Waals surface area contributed by atoms with Crippen LogP contribution in [0.5, 0.6) is 0 Å². The van der Waals surface area contributed by atoms with Gasteiger partial charge in [-0.05, 0) is 6.20 Å². The van der Waals surface area contributed by atoms with Gasteiger partial charge in [0.15, 0.2) is 0 Å². The quantitative estimate of drug-likeness (QED) is 0.740. The molecule has 0 aliphatic rings. The van der Waals surface area contributed by atoms with E-state index in [4.69, 9.17) is 5.11 Å². The second kappa shape index (κ2) is 9.45. The van der Waals surface area contributed by atoms with Crippen LogP contribution in [0.1, 0.15) is 24.6 Å². The van der Waals surface area contributed by atoms with E-state index in [2.05, 4.69) is 11.9 Å². The zero-order chi connectivity index (χ0) is 10.3. The van der Waals surface area contributed by atoms with E-state index in [9.17, 15) is 8.78 Å². The maximum Gasteiger partial charge on any atom is 2.00 e. The van der Waals surface area contributed by atoms with Crippen molar-refractivity contribution < 1.29 is 45.0 Å². The van der Waals surface area contributed by atoms with Crippen molar-refractivity contribution in [2.45, 2.75) is 13.3 Å². The van der Waals surface area contributed by atoms with Gasteiger partial charge in [-0.15, -0.1) is 12.1 Å². The third-order valence-corrected chi connectivity index (χ3v) is 1.18. The van der Waals surface area contributed by atoms with Crippen LogP contribution in [-0.2, 0) is 0 Å². The van der Waals surface area contributed by atoms with E-state index >= 15 is 0 Å². The van der Waals surface area contributed by atoms with Crippen molar-refractivity contribution in [1.82, 2.24) is 4.98 Å². The van der Waals surface area contributed by atoms with Gasteiger partial charge in [0.2, 0.25) is 0 Å². The average Bonchev–Trinajstić information content (AvgIpc) is 2.21. The predicted octanol–water partition coefficient (Wildman–Crippen LogP) is 2.74. The van der Waals surface area contributed by atoms with Crippen LogP contribution in [0.2, 0.25) is 0 Å². The normalized spacial score (nSPS) is 8.43. The number of aliphatic hydroxyl groups is 1. The van der Waals surface area contributed by atoms with Gasteiger partial charge in [0.05, 0.1) is 5.69 Å². The van der Waals surface area contributed by atoms with E-state index in [0.29, 0.717) is 5.56 Å². The molecule has 14 heavy (non-hydrogen) atoms. The van der Waals surface area contributed by atoms with E-state index in [1.807, 2.05) is 0 Å². The van der Waals surface area contributed by atoms with Gasteiger partial charge in [0.1, 0.15) is 0 Å². The first-order valence-corrected chi connectivity index (χ1v) is 3.66. The molecule has 0 aliphatic carbocycles. The first-order chi connectivity index (χ1) is 6.24. The summed E-state index contributed by atoms with van der Waals surface area (Å²) in [5.41, 5.74) is 0.00287. The summed E-state index contributed by atoms with van der Waals surface area (Å²) in [6.45, 7) is 5.76. The van der Waals surface area contributed by atoms with Gasteiger partial charge in [-0.1, -0.05) is 6.61 Å². The molecular formula is C9H11F2NOU. The summed E-state index contributed by atoms with van der Waals surface area (Å²) in [7, 11) is 0. The summed E-state index contributed by atoms with van der Waals surface area (Å²) in [6.07, 6.45) is -1.36. The van der Waals surface area contributed by atoms with Gasteiger partial charge in [0.25, 0.3) is 6.43 Å². The smallest absolute Gasteiger partial charge is 0.429 e. The van der Waals surface area contributed by atoms with Gasteiger partial charge < -0.3 is 12.0 Å². The molecule has 1 rings (SSSR count). The van der Waals surface area contributed by atoms with E-state index in [1.165, 1.54) is 12.3 Å². The van der Waals surface area contributed by atoms with Crippen molar-refractivity contribution in [3.63, 3.8) is 0 Å². The second-order valence-corrected chi connectivity index (χ2v) is 1.94. The van der Waals surface area contributed by atoms with Crippen molar-refractivity contribution in [3.8, 4) is 0 Å². The molecule has 0 fully saturated rings. The molecule has 2 nitrogen and oxygen atoms in total. The number of rotatable bonds is 2. The third-order valence-electron chi connectivity index (χ3n) is 1.18. The minimum atomic E-state index is -2.59. The molecule has 0 amide bonds. The Morgan fingerprint density at radius 1 is 1.50 bits per heavy atom. The Hall–Kier alpha value is -0.108. The van der Waals surface area contributed by atoms with Crippen LogP contribution in [0.4, 0.5) is 8.78 Å². The fraction of sp³-hybridized carbons (Fsp3) is 0.222. The molecule has 76 valence electrons. The summed E-state index contributed by atoms with van der Waals surface area (Å²) in [5, 5.41) is 8.45. The van der Waals surface area contributed by atoms with Crippen LogP contribution in [0, 0.1) is 44.6 Å².